The zero-order valence-corrected chi connectivity index (χ0v) is 10.1. The van der Waals surface area contributed by atoms with Crippen molar-refractivity contribution in [1.29, 1.82) is 0 Å². The first-order valence-corrected chi connectivity index (χ1v) is 5.09. The lowest BCUT2D eigenvalue weighted by molar-refractivity contribution is -0.168. The van der Waals surface area contributed by atoms with Crippen LogP contribution in [0.25, 0.3) is 0 Å². The number of carbonyl (C=O) groups excluding carboxylic acids is 1. The minimum atomic E-state index is -1.15. The number of methoxy groups -OCH3 is 1. The lowest BCUT2D eigenvalue weighted by atomic mass is 9.72. The quantitative estimate of drug-likeness (QED) is 0.703. The maximum Gasteiger partial charge on any atom is 0.314 e. The minimum absolute atomic E-state index is 0.169. The van der Waals surface area contributed by atoms with E-state index in [1.165, 1.54) is 7.11 Å². The molecule has 0 aliphatic carbocycles. The number of aliphatic hydroxyl groups is 1. The molecule has 0 aromatic rings. The van der Waals surface area contributed by atoms with E-state index in [0.29, 0.717) is 6.42 Å². The standard InChI is InChI=1S/C11H20O4/c1-9(2)6-11(13,7-15-9)10(3,4)8(12)14-5/h13H,6-7H2,1-5H3. The van der Waals surface area contributed by atoms with Gasteiger partial charge in [0.05, 0.1) is 24.7 Å². The summed E-state index contributed by atoms with van der Waals surface area (Å²) in [5.41, 5.74) is -2.49. The molecule has 0 spiro atoms. The topological polar surface area (TPSA) is 55.8 Å². The van der Waals surface area contributed by atoms with Crippen LogP contribution >= 0.6 is 0 Å². The lowest BCUT2D eigenvalue weighted by Crippen LogP contribution is -2.51. The van der Waals surface area contributed by atoms with E-state index < -0.39 is 17.0 Å². The molecule has 1 N–H and O–H groups in total. The number of hydrogen-bond donors (Lipinski definition) is 1. The smallest absolute Gasteiger partial charge is 0.314 e. The van der Waals surface area contributed by atoms with Crippen molar-refractivity contribution in [1.82, 2.24) is 0 Å². The molecule has 0 radical (unpaired) electrons. The molecule has 15 heavy (non-hydrogen) atoms. The van der Waals surface area contributed by atoms with Gasteiger partial charge in [-0.15, -0.1) is 0 Å². The molecule has 0 aromatic carbocycles. The molecule has 88 valence electrons. The Balaban J connectivity index is 2.92. The van der Waals surface area contributed by atoms with Gasteiger partial charge in [0.2, 0.25) is 0 Å². The summed E-state index contributed by atoms with van der Waals surface area (Å²) in [5, 5.41) is 10.4. The average molecular weight is 216 g/mol. The molecule has 0 amide bonds. The summed E-state index contributed by atoms with van der Waals surface area (Å²) in [7, 11) is 1.33. The van der Waals surface area contributed by atoms with Gasteiger partial charge in [-0.25, -0.2) is 0 Å². The van der Waals surface area contributed by atoms with Gasteiger partial charge in [-0.05, 0) is 27.7 Å². The second-order valence-electron chi connectivity index (χ2n) is 5.37. The van der Waals surface area contributed by atoms with Gasteiger partial charge in [-0.1, -0.05) is 0 Å². The first-order chi connectivity index (χ1) is 6.65. The Kier molecular flexibility index (Phi) is 2.87. The zero-order chi connectivity index (χ0) is 11.9. The Morgan fingerprint density at radius 2 is 2.00 bits per heavy atom. The number of ether oxygens (including phenoxy) is 2. The van der Waals surface area contributed by atoms with Gasteiger partial charge in [0.25, 0.3) is 0 Å². The Morgan fingerprint density at radius 3 is 2.33 bits per heavy atom. The van der Waals surface area contributed by atoms with Crippen LogP contribution in [0.4, 0.5) is 0 Å². The van der Waals surface area contributed by atoms with Crippen molar-refractivity contribution in [3.63, 3.8) is 0 Å². The molecule has 1 atom stereocenters. The maximum absolute atomic E-state index is 11.6. The van der Waals surface area contributed by atoms with Crippen LogP contribution < -0.4 is 0 Å². The summed E-state index contributed by atoms with van der Waals surface area (Å²) in [6, 6.07) is 0. The monoisotopic (exact) mass is 216 g/mol. The Morgan fingerprint density at radius 1 is 1.47 bits per heavy atom. The molecule has 0 aromatic heterocycles. The van der Waals surface area contributed by atoms with Crippen LogP contribution in [0.5, 0.6) is 0 Å². The molecule has 1 heterocycles. The first-order valence-electron chi connectivity index (χ1n) is 5.09. The third kappa shape index (κ3) is 2.01. The van der Waals surface area contributed by atoms with Gasteiger partial charge in [0, 0.05) is 6.42 Å². The van der Waals surface area contributed by atoms with Crippen molar-refractivity contribution in [3.8, 4) is 0 Å². The lowest BCUT2D eigenvalue weighted by Gasteiger charge is -2.36. The summed E-state index contributed by atoms with van der Waals surface area (Å²) in [6.07, 6.45) is 0.433. The minimum Gasteiger partial charge on any atom is -0.469 e. The van der Waals surface area contributed by atoms with Gasteiger partial charge >= 0.3 is 5.97 Å². The van der Waals surface area contributed by atoms with E-state index in [9.17, 15) is 9.90 Å². The molecular weight excluding hydrogens is 196 g/mol. The maximum atomic E-state index is 11.6. The Labute approximate surface area is 90.6 Å². The van der Waals surface area contributed by atoms with Gasteiger partial charge in [0.1, 0.15) is 5.60 Å². The number of carbonyl (C=O) groups is 1. The predicted molar refractivity (Wildman–Crippen MR) is 55.4 cm³/mol. The van der Waals surface area contributed by atoms with Crippen molar-refractivity contribution in [2.45, 2.75) is 45.3 Å². The predicted octanol–water partition coefficient (Wildman–Crippen LogP) is 1.12. The molecule has 1 fully saturated rings. The highest BCUT2D eigenvalue weighted by Crippen LogP contribution is 2.44. The molecule has 4 heteroatoms. The summed E-state index contributed by atoms with van der Waals surface area (Å²) in [6.45, 7) is 7.34. The SMILES string of the molecule is COC(=O)C(C)(C)C1(O)COC(C)(C)C1. The van der Waals surface area contributed by atoms with Crippen LogP contribution in [0.3, 0.4) is 0 Å². The van der Waals surface area contributed by atoms with E-state index in [-0.39, 0.29) is 12.2 Å². The molecule has 1 aliphatic heterocycles. The second kappa shape index (κ2) is 3.46. The highest BCUT2D eigenvalue weighted by molar-refractivity contribution is 5.77. The van der Waals surface area contributed by atoms with E-state index in [2.05, 4.69) is 0 Å². The van der Waals surface area contributed by atoms with E-state index in [4.69, 9.17) is 9.47 Å². The summed E-state index contributed by atoms with van der Waals surface area (Å²) < 4.78 is 10.2. The third-order valence-electron chi connectivity index (χ3n) is 3.28. The molecule has 0 saturated carbocycles. The highest BCUT2D eigenvalue weighted by atomic mass is 16.5. The molecule has 1 rings (SSSR count). The van der Waals surface area contributed by atoms with Gasteiger partial charge in [-0.3, -0.25) is 4.79 Å². The summed E-state index contributed by atoms with van der Waals surface area (Å²) >= 11 is 0. The van der Waals surface area contributed by atoms with E-state index in [0.717, 1.165) is 0 Å². The van der Waals surface area contributed by atoms with Crippen molar-refractivity contribution in [3.05, 3.63) is 0 Å². The molecule has 0 bridgehead atoms. The Hall–Kier alpha value is -0.610. The van der Waals surface area contributed by atoms with Gasteiger partial charge in [0.15, 0.2) is 0 Å². The normalized spacial score (nSPS) is 30.3. The Bertz CT molecular complexity index is 270. The molecule has 1 aliphatic rings. The number of esters is 1. The van der Waals surface area contributed by atoms with Crippen molar-refractivity contribution in [2.75, 3.05) is 13.7 Å². The van der Waals surface area contributed by atoms with Crippen LogP contribution in [-0.4, -0.2) is 36.0 Å². The van der Waals surface area contributed by atoms with Crippen molar-refractivity contribution >= 4 is 5.97 Å². The van der Waals surface area contributed by atoms with Crippen molar-refractivity contribution < 1.29 is 19.4 Å². The molecule has 1 unspecified atom stereocenters. The summed E-state index contributed by atoms with van der Waals surface area (Å²) in [5.74, 6) is -0.411. The molecular formula is C11H20O4. The zero-order valence-electron chi connectivity index (χ0n) is 10.1. The fourth-order valence-electron chi connectivity index (χ4n) is 1.97. The van der Waals surface area contributed by atoms with E-state index in [1.807, 2.05) is 13.8 Å². The van der Waals surface area contributed by atoms with Crippen LogP contribution in [0, 0.1) is 5.41 Å². The van der Waals surface area contributed by atoms with Crippen LogP contribution in [0.15, 0.2) is 0 Å². The van der Waals surface area contributed by atoms with Crippen molar-refractivity contribution in [2.24, 2.45) is 5.41 Å². The third-order valence-corrected chi connectivity index (χ3v) is 3.28. The van der Waals surface area contributed by atoms with Gasteiger partial charge in [-0.2, -0.15) is 0 Å². The number of hydrogen-bond acceptors (Lipinski definition) is 4. The first kappa shape index (κ1) is 12.5. The average Bonchev–Trinajstić information content (AvgIpc) is 2.40. The highest BCUT2D eigenvalue weighted by Gasteiger charge is 2.56. The summed E-state index contributed by atoms with van der Waals surface area (Å²) in [4.78, 5) is 11.6. The van der Waals surface area contributed by atoms with E-state index in [1.54, 1.807) is 13.8 Å². The molecule has 1 saturated heterocycles. The van der Waals surface area contributed by atoms with Crippen LogP contribution in [-0.2, 0) is 14.3 Å². The van der Waals surface area contributed by atoms with Crippen LogP contribution in [0.2, 0.25) is 0 Å². The fourth-order valence-corrected chi connectivity index (χ4v) is 1.97. The largest absolute Gasteiger partial charge is 0.469 e. The van der Waals surface area contributed by atoms with E-state index >= 15 is 0 Å². The number of rotatable bonds is 2. The van der Waals surface area contributed by atoms with Crippen LogP contribution in [0.1, 0.15) is 34.1 Å². The van der Waals surface area contributed by atoms with Gasteiger partial charge < -0.3 is 14.6 Å². The fraction of sp³-hybridized carbons (Fsp3) is 0.909. The second-order valence-corrected chi connectivity index (χ2v) is 5.37. The molecule has 4 nitrogen and oxygen atoms in total.